The molecule has 0 radical (unpaired) electrons. The van der Waals surface area contributed by atoms with Crippen LogP contribution < -0.4 is 5.32 Å². The summed E-state index contributed by atoms with van der Waals surface area (Å²) in [6, 6.07) is 4.12. The van der Waals surface area contributed by atoms with Gasteiger partial charge in [0.1, 0.15) is 16.3 Å². The van der Waals surface area contributed by atoms with Gasteiger partial charge < -0.3 is 14.8 Å². The zero-order valence-electron chi connectivity index (χ0n) is 11.3. The first-order valence-corrected chi connectivity index (χ1v) is 7.31. The van der Waals surface area contributed by atoms with E-state index in [0.717, 1.165) is 17.4 Å². The molecular formula is C14H8F3N3O2S. The van der Waals surface area contributed by atoms with Crippen molar-refractivity contribution in [2.75, 3.05) is 5.32 Å². The lowest BCUT2D eigenvalue weighted by atomic mass is 10.1. The zero-order valence-corrected chi connectivity index (χ0v) is 12.1. The zero-order chi connectivity index (χ0) is 16.2. The quantitative estimate of drug-likeness (QED) is 0.702. The summed E-state index contributed by atoms with van der Waals surface area (Å²) in [7, 11) is 0. The third-order valence-corrected chi connectivity index (χ3v) is 4.55. The van der Waals surface area contributed by atoms with E-state index in [2.05, 4.69) is 15.3 Å². The Bertz CT molecular complexity index is 916. The summed E-state index contributed by atoms with van der Waals surface area (Å²) >= 11 is 0.971. The van der Waals surface area contributed by atoms with Crippen molar-refractivity contribution < 1.29 is 22.7 Å². The van der Waals surface area contributed by atoms with Crippen LogP contribution in [0.15, 0.2) is 33.9 Å². The van der Waals surface area contributed by atoms with Crippen molar-refractivity contribution in [3.63, 3.8) is 0 Å². The number of aliphatic hydroxyl groups excluding tert-OH is 1. The first-order chi connectivity index (χ1) is 10.9. The lowest BCUT2D eigenvalue weighted by Gasteiger charge is -2.13. The van der Waals surface area contributed by atoms with Crippen LogP contribution in [0.1, 0.15) is 16.8 Å². The molecule has 3 aromatic heterocycles. The molecule has 1 aliphatic rings. The summed E-state index contributed by atoms with van der Waals surface area (Å²) in [6.07, 6.45) is -3.01. The van der Waals surface area contributed by atoms with E-state index in [0.29, 0.717) is 21.7 Å². The second-order valence-corrected chi connectivity index (χ2v) is 5.88. The van der Waals surface area contributed by atoms with E-state index in [1.807, 2.05) is 0 Å². The van der Waals surface area contributed by atoms with Gasteiger partial charge >= 0.3 is 6.18 Å². The van der Waals surface area contributed by atoms with Crippen LogP contribution in [0.25, 0.3) is 21.5 Å². The Hall–Kier alpha value is -2.39. The smallest absolute Gasteiger partial charge is 0.433 e. The van der Waals surface area contributed by atoms with Crippen LogP contribution >= 0.6 is 11.3 Å². The van der Waals surface area contributed by atoms with Crippen molar-refractivity contribution in [1.82, 2.24) is 4.98 Å². The van der Waals surface area contributed by atoms with Gasteiger partial charge in [0.25, 0.3) is 0 Å². The molecule has 0 amide bonds. The molecule has 5 nitrogen and oxygen atoms in total. The summed E-state index contributed by atoms with van der Waals surface area (Å²) in [5, 5.41) is 13.3. The van der Waals surface area contributed by atoms with E-state index in [1.165, 1.54) is 12.6 Å². The Morgan fingerprint density at radius 2 is 2.17 bits per heavy atom. The Morgan fingerprint density at radius 1 is 1.35 bits per heavy atom. The molecule has 0 aromatic carbocycles. The highest BCUT2D eigenvalue weighted by molar-refractivity contribution is 7.19. The number of pyridine rings is 1. The summed E-state index contributed by atoms with van der Waals surface area (Å²) < 4.78 is 44.6. The molecule has 0 aliphatic carbocycles. The average Bonchev–Trinajstić information content (AvgIpc) is 3.13. The van der Waals surface area contributed by atoms with Crippen LogP contribution in [0.4, 0.5) is 18.9 Å². The number of nitrogens with zero attached hydrogens (tertiary/aromatic N) is 2. The number of alkyl halides is 3. The number of fused-ring (bicyclic) bond motifs is 3. The van der Waals surface area contributed by atoms with Crippen LogP contribution in [-0.4, -0.2) is 16.4 Å². The lowest BCUT2D eigenvalue weighted by Crippen LogP contribution is -2.09. The van der Waals surface area contributed by atoms with Gasteiger partial charge in [0, 0.05) is 10.9 Å². The lowest BCUT2D eigenvalue weighted by molar-refractivity contribution is -0.140. The number of aliphatic hydroxyl groups is 1. The SMILES string of the molecule is OC1N=CNc2c1sc1nc(C(F)(F)F)cc(-c3ccco3)c21. The molecule has 0 fully saturated rings. The van der Waals surface area contributed by atoms with Gasteiger partial charge in [-0.15, -0.1) is 11.3 Å². The molecule has 3 aromatic rings. The third kappa shape index (κ3) is 2.20. The van der Waals surface area contributed by atoms with Gasteiger partial charge in [-0.05, 0) is 18.2 Å². The van der Waals surface area contributed by atoms with E-state index in [1.54, 1.807) is 12.1 Å². The normalized spacial score (nSPS) is 17.3. The molecule has 0 spiro atoms. The number of nitrogens with one attached hydrogen (secondary N) is 1. The van der Waals surface area contributed by atoms with Gasteiger partial charge in [-0.1, -0.05) is 0 Å². The average molecular weight is 339 g/mol. The Labute approximate surface area is 131 Å². The molecule has 0 saturated carbocycles. The first kappa shape index (κ1) is 14.2. The van der Waals surface area contributed by atoms with Crippen molar-refractivity contribution in [1.29, 1.82) is 0 Å². The van der Waals surface area contributed by atoms with Crippen LogP contribution in [0, 0.1) is 0 Å². The van der Waals surface area contributed by atoms with Crippen LogP contribution in [0.2, 0.25) is 0 Å². The molecule has 0 bridgehead atoms. The largest absolute Gasteiger partial charge is 0.464 e. The molecule has 1 atom stereocenters. The number of thiophene rings is 1. The minimum atomic E-state index is -4.58. The van der Waals surface area contributed by atoms with Gasteiger partial charge in [-0.25, -0.2) is 9.98 Å². The Morgan fingerprint density at radius 3 is 2.87 bits per heavy atom. The van der Waals surface area contributed by atoms with Crippen LogP contribution in [0.5, 0.6) is 0 Å². The molecule has 118 valence electrons. The van der Waals surface area contributed by atoms with Crippen molar-refractivity contribution in [2.24, 2.45) is 4.99 Å². The minimum Gasteiger partial charge on any atom is -0.464 e. The van der Waals surface area contributed by atoms with Crippen LogP contribution in [0.3, 0.4) is 0 Å². The molecular weight excluding hydrogens is 331 g/mol. The van der Waals surface area contributed by atoms with Gasteiger partial charge in [0.2, 0.25) is 0 Å². The summed E-state index contributed by atoms with van der Waals surface area (Å²) in [5.41, 5.74) is -0.245. The van der Waals surface area contributed by atoms with E-state index in [4.69, 9.17) is 4.42 Å². The second kappa shape index (κ2) is 4.80. The van der Waals surface area contributed by atoms with E-state index in [9.17, 15) is 18.3 Å². The second-order valence-electron chi connectivity index (χ2n) is 4.85. The highest BCUT2D eigenvalue weighted by Crippen LogP contribution is 2.46. The molecule has 4 heterocycles. The Kier molecular flexibility index (Phi) is 2.97. The maximum Gasteiger partial charge on any atom is 0.433 e. The number of rotatable bonds is 1. The molecule has 2 N–H and O–H groups in total. The highest BCUT2D eigenvalue weighted by atomic mass is 32.1. The summed E-state index contributed by atoms with van der Waals surface area (Å²) in [6.45, 7) is 0. The molecule has 1 unspecified atom stereocenters. The van der Waals surface area contributed by atoms with Crippen molar-refractivity contribution in [3.05, 3.63) is 35.0 Å². The maximum atomic E-state index is 13.1. The fourth-order valence-electron chi connectivity index (χ4n) is 2.45. The summed E-state index contributed by atoms with van der Waals surface area (Å²) in [5.74, 6) is 0.294. The van der Waals surface area contributed by atoms with E-state index >= 15 is 0 Å². The van der Waals surface area contributed by atoms with Crippen molar-refractivity contribution in [3.8, 4) is 11.3 Å². The molecule has 23 heavy (non-hydrogen) atoms. The van der Waals surface area contributed by atoms with Gasteiger partial charge in [-0.2, -0.15) is 13.2 Å². The number of halogens is 3. The topological polar surface area (TPSA) is 70.7 Å². The van der Waals surface area contributed by atoms with Gasteiger partial charge in [-0.3, -0.25) is 0 Å². The number of hydrogen-bond donors (Lipinski definition) is 2. The standard InChI is InChI=1S/C14H8F3N3O2S/c15-14(16,17)8-4-6(7-2-1-3-22-7)9-10-11(23-13(9)20-8)12(21)19-5-18-10/h1-5,12,21H,(H,18,19). The predicted molar refractivity (Wildman–Crippen MR) is 79.4 cm³/mol. The summed E-state index contributed by atoms with van der Waals surface area (Å²) in [4.78, 5) is 8.07. The number of hydrogen-bond acceptors (Lipinski definition) is 6. The number of aliphatic imine (C=N–C) groups is 1. The highest BCUT2D eigenvalue weighted by Gasteiger charge is 2.35. The Balaban J connectivity index is 2.08. The van der Waals surface area contributed by atoms with E-state index < -0.39 is 18.1 Å². The molecule has 0 saturated heterocycles. The third-order valence-electron chi connectivity index (χ3n) is 3.43. The minimum absolute atomic E-state index is 0.160. The number of anilines is 1. The number of furan rings is 1. The first-order valence-electron chi connectivity index (χ1n) is 6.50. The molecule has 9 heteroatoms. The van der Waals surface area contributed by atoms with Gasteiger partial charge in [0.15, 0.2) is 6.23 Å². The fourth-order valence-corrected chi connectivity index (χ4v) is 3.55. The van der Waals surface area contributed by atoms with E-state index in [-0.39, 0.29) is 10.4 Å². The van der Waals surface area contributed by atoms with Crippen molar-refractivity contribution >= 4 is 33.6 Å². The number of aromatic nitrogens is 1. The van der Waals surface area contributed by atoms with Crippen molar-refractivity contribution in [2.45, 2.75) is 12.4 Å². The monoisotopic (exact) mass is 339 g/mol. The fraction of sp³-hybridized carbons (Fsp3) is 0.143. The molecule has 1 aliphatic heterocycles. The van der Waals surface area contributed by atoms with Gasteiger partial charge in [0.05, 0.1) is 23.2 Å². The van der Waals surface area contributed by atoms with Crippen LogP contribution in [-0.2, 0) is 6.18 Å². The predicted octanol–water partition coefficient (Wildman–Crippen LogP) is 4.02. The maximum absolute atomic E-state index is 13.1. The molecule has 4 rings (SSSR count).